The van der Waals surface area contributed by atoms with Crippen LogP contribution in [0.2, 0.25) is 0 Å². The summed E-state index contributed by atoms with van der Waals surface area (Å²) in [7, 11) is 0. The molecule has 0 unspecified atom stereocenters. The molecule has 0 bridgehead atoms. The van der Waals surface area contributed by atoms with Crippen molar-refractivity contribution in [3.63, 3.8) is 0 Å². The summed E-state index contributed by atoms with van der Waals surface area (Å²) < 4.78 is 0. The molecule has 0 radical (unpaired) electrons. The molecule has 2 heterocycles. The van der Waals surface area contributed by atoms with E-state index in [1.165, 1.54) is 5.56 Å². The van der Waals surface area contributed by atoms with Gasteiger partial charge in [0.05, 0.1) is 11.2 Å². The van der Waals surface area contributed by atoms with Gasteiger partial charge in [-0.2, -0.15) is 0 Å². The first-order chi connectivity index (χ1) is 13.6. The molecule has 2 aromatic heterocycles. The van der Waals surface area contributed by atoms with Gasteiger partial charge in [-0.05, 0) is 55.3 Å². The van der Waals surface area contributed by atoms with Gasteiger partial charge in [0.1, 0.15) is 5.82 Å². The summed E-state index contributed by atoms with van der Waals surface area (Å²) in [4.78, 5) is 21.5. The molecular formula is C23H20N4O. The highest BCUT2D eigenvalue weighted by Crippen LogP contribution is 2.24. The summed E-state index contributed by atoms with van der Waals surface area (Å²) in [6.45, 7) is 4.12. The van der Waals surface area contributed by atoms with Gasteiger partial charge in [-0.3, -0.25) is 9.78 Å². The molecule has 4 aromatic rings. The SMILES string of the molecule is Cc1cccc(Nc2cc(C(=O)Nc3cccc4cccnc34)ccn2)c1C. The summed E-state index contributed by atoms with van der Waals surface area (Å²) >= 11 is 0. The van der Waals surface area contributed by atoms with Crippen LogP contribution in [0, 0.1) is 13.8 Å². The second-order valence-electron chi connectivity index (χ2n) is 6.64. The van der Waals surface area contributed by atoms with E-state index in [0.717, 1.165) is 22.2 Å². The Morgan fingerprint density at radius 3 is 2.54 bits per heavy atom. The maximum Gasteiger partial charge on any atom is 0.255 e. The molecular weight excluding hydrogens is 348 g/mol. The Labute approximate surface area is 163 Å². The molecule has 2 aromatic carbocycles. The van der Waals surface area contributed by atoms with E-state index in [1.54, 1.807) is 24.5 Å². The molecule has 0 aliphatic rings. The second-order valence-corrected chi connectivity index (χ2v) is 6.64. The van der Waals surface area contributed by atoms with Crippen LogP contribution in [0.4, 0.5) is 17.2 Å². The van der Waals surface area contributed by atoms with Crippen molar-refractivity contribution < 1.29 is 4.79 Å². The normalized spacial score (nSPS) is 10.6. The van der Waals surface area contributed by atoms with Gasteiger partial charge in [-0.15, -0.1) is 0 Å². The largest absolute Gasteiger partial charge is 0.340 e. The molecule has 28 heavy (non-hydrogen) atoms. The molecule has 5 heteroatoms. The van der Waals surface area contributed by atoms with Crippen LogP contribution in [-0.4, -0.2) is 15.9 Å². The third kappa shape index (κ3) is 3.55. The summed E-state index contributed by atoms with van der Waals surface area (Å²) in [5.74, 6) is 0.418. The van der Waals surface area contributed by atoms with Crippen LogP contribution >= 0.6 is 0 Å². The van der Waals surface area contributed by atoms with Gasteiger partial charge in [0.15, 0.2) is 0 Å². The number of hydrogen-bond donors (Lipinski definition) is 2. The highest BCUT2D eigenvalue weighted by molar-refractivity contribution is 6.08. The molecule has 0 fully saturated rings. The maximum absolute atomic E-state index is 12.8. The van der Waals surface area contributed by atoms with Crippen molar-refractivity contribution >= 4 is 34.0 Å². The lowest BCUT2D eigenvalue weighted by Crippen LogP contribution is -2.13. The van der Waals surface area contributed by atoms with Gasteiger partial charge in [-0.25, -0.2) is 4.98 Å². The van der Waals surface area contributed by atoms with Gasteiger partial charge in [0, 0.05) is 29.0 Å². The molecule has 4 rings (SSSR count). The topological polar surface area (TPSA) is 66.9 Å². The third-order valence-electron chi connectivity index (χ3n) is 4.77. The molecule has 0 saturated heterocycles. The first kappa shape index (κ1) is 17.7. The predicted molar refractivity (Wildman–Crippen MR) is 113 cm³/mol. The molecule has 2 N–H and O–H groups in total. The Kier molecular flexibility index (Phi) is 4.72. The number of amides is 1. The number of hydrogen-bond acceptors (Lipinski definition) is 4. The summed E-state index contributed by atoms with van der Waals surface area (Å²) in [6.07, 6.45) is 3.35. The Hall–Kier alpha value is -3.73. The van der Waals surface area contributed by atoms with Crippen molar-refractivity contribution in [1.29, 1.82) is 0 Å². The van der Waals surface area contributed by atoms with Gasteiger partial charge in [0.2, 0.25) is 0 Å². The summed E-state index contributed by atoms with van der Waals surface area (Å²) in [5.41, 5.74) is 5.30. The molecule has 138 valence electrons. The predicted octanol–water partition coefficient (Wildman–Crippen LogP) is 5.24. The van der Waals surface area contributed by atoms with E-state index in [1.807, 2.05) is 42.5 Å². The van der Waals surface area contributed by atoms with Gasteiger partial charge in [0.25, 0.3) is 5.91 Å². The quantitative estimate of drug-likeness (QED) is 0.517. The lowest BCUT2D eigenvalue weighted by atomic mass is 10.1. The summed E-state index contributed by atoms with van der Waals surface area (Å²) in [5, 5.41) is 7.23. The minimum absolute atomic E-state index is 0.204. The molecule has 0 spiro atoms. The van der Waals surface area contributed by atoms with Crippen molar-refractivity contribution in [1.82, 2.24) is 9.97 Å². The van der Waals surface area contributed by atoms with Crippen LogP contribution < -0.4 is 10.6 Å². The number of benzene rings is 2. The Balaban J connectivity index is 1.58. The van der Waals surface area contributed by atoms with Crippen molar-refractivity contribution in [3.05, 3.63) is 89.7 Å². The fourth-order valence-electron chi connectivity index (χ4n) is 3.06. The van der Waals surface area contributed by atoms with E-state index in [-0.39, 0.29) is 5.91 Å². The Morgan fingerprint density at radius 1 is 0.857 bits per heavy atom. The Morgan fingerprint density at radius 2 is 1.64 bits per heavy atom. The molecule has 5 nitrogen and oxygen atoms in total. The van der Waals surface area contributed by atoms with Crippen LogP contribution in [0.25, 0.3) is 10.9 Å². The monoisotopic (exact) mass is 368 g/mol. The fourth-order valence-corrected chi connectivity index (χ4v) is 3.06. The van der Waals surface area contributed by atoms with Gasteiger partial charge in [-0.1, -0.05) is 30.3 Å². The number of aryl methyl sites for hydroxylation is 1. The molecule has 0 aliphatic heterocycles. The number of fused-ring (bicyclic) bond motifs is 1. The standard InChI is InChI=1S/C23H20N4O/c1-15-6-3-9-19(16(15)2)26-21-14-18(11-13-24-21)23(28)27-20-10-4-7-17-8-5-12-25-22(17)20/h3-14H,1-2H3,(H,24,26)(H,27,28). The van der Waals surface area contributed by atoms with Crippen LogP contribution in [-0.2, 0) is 0 Å². The van der Waals surface area contributed by atoms with Crippen LogP contribution in [0.5, 0.6) is 0 Å². The van der Waals surface area contributed by atoms with E-state index in [0.29, 0.717) is 17.1 Å². The number of nitrogens with one attached hydrogen (secondary N) is 2. The zero-order valence-corrected chi connectivity index (χ0v) is 15.7. The van der Waals surface area contributed by atoms with Crippen LogP contribution in [0.3, 0.4) is 0 Å². The lowest BCUT2D eigenvalue weighted by molar-refractivity contribution is 0.102. The van der Waals surface area contributed by atoms with Gasteiger partial charge < -0.3 is 10.6 Å². The Bertz CT molecular complexity index is 1160. The molecule has 0 atom stereocenters. The van der Waals surface area contributed by atoms with E-state index >= 15 is 0 Å². The first-order valence-electron chi connectivity index (χ1n) is 9.06. The highest BCUT2D eigenvalue weighted by atomic mass is 16.1. The number of aromatic nitrogens is 2. The van der Waals surface area contributed by atoms with Crippen molar-refractivity contribution in [2.24, 2.45) is 0 Å². The molecule has 1 amide bonds. The van der Waals surface area contributed by atoms with E-state index in [4.69, 9.17) is 0 Å². The summed E-state index contributed by atoms with van der Waals surface area (Å²) in [6, 6.07) is 19.1. The first-order valence-corrected chi connectivity index (χ1v) is 9.06. The molecule has 0 aliphatic carbocycles. The second kappa shape index (κ2) is 7.48. The molecule has 0 saturated carbocycles. The van der Waals surface area contributed by atoms with Crippen LogP contribution in [0.15, 0.2) is 73.1 Å². The number of nitrogens with zero attached hydrogens (tertiary/aromatic N) is 2. The number of para-hydroxylation sites is 1. The van der Waals surface area contributed by atoms with E-state index in [9.17, 15) is 4.79 Å². The van der Waals surface area contributed by atoms with Crippen molar-refractivity contribution in [2.45, 2.75) is 13.8 Å². The number of anilines is 3. The van der Waals surface area contributed by atoms with Crippen molar-refractivity contribution in [2.75, 3.05) is 10.6 Å². The van der Waals surface area contributed by atoms with E-state index in [2.05, 4.69) is 40.5 Å². The minimum Gasteiger partial charge on any atom is -0.340 e. The average Bonchev–Trinajstić information content (AvgIpc) is 2.72. The van der Waals surface area contributed by atoms with E-state index < -0.39 is 0 Å². The number of carbonyl (C=O) groups excluding carboxylic acids is 1. The number of rotatable bonds is 4. The smallest absolute Gasteiger partial charge is 0.255 e. The average molecular weight is 368 g/mol. The highest BCUT2D eigenvalue weighted by Gasteiger charge is 2.11. The maximum atomic E-state index is 12.8. The zero-order chi connectivity index (χ0) is 19.5. The lowest BCUT2D eigenvalue weighted by Gasteiger charge is -2.12. The third-order valence-corrected chi connectivity index (χ3v) is 4.77. The minimum atomic E-state index is -0.204. The fraction of sp³-hybridized carbons (Fsp3) is 0.0870. The van der Waals surface area contributed by atoms with Crippen molar-refractivity contribution in [3.8, 4) is 0 Å². The number of carbonyl (C=O) groups is 1. The zero-order valence-electron chi connectivity index (χ0n) is 15.7. The van der Waals surface area contributed by atoms with Gasteiger partial charge >= 0.3 is 0 Å². The number of pyridine rings is 2. The van der Waals surface area contributed by atoms with Crippen LogP contribution in [0.1, 0.15) is 21.5 Å².